The standard InChI is InChI=1S/C46H69N9O8Si/c1-30(2)39(49-45(59)61-5)43(57)53-18-10-12-36(53)35-26-33(27-47-35)42(56)52-22-20-51(21-23-52)34-16-14-32(15-17-34)38-28-48-41(55(38)29-63-24-25-64(7,8)9)37-13-11-19-54(37)44(58)40(31(3)4)50-46(60)62-6/h14-17,27-28,30-31,36-37,39-40H,10-13,18-26,29H2,1-9H3,(H,49,59)(H,50,60)/t36-,37-,39-,40-/m0/s1. The Hall–Kier alpha value is -5.23. The highest BCUT2D eigenvalue weighted by Crippen LogP contribution is 2.36. The maximum atomic E-state index is 14.0. The largest absolute Gasteiger partial charge is 0.453 e. The van der Waals surface area contributed by atoms with Crippen molar-refractivity contribution in [3.05, 3.63) is 48.1 Å². The average Bonchev–Trinajstić information content (AvgIpc) is 4.12. The zero-order chi connectivity index (χ0) is 46.3. The van der Waals surface area contributed by atoms with Crippen LogP contribution in [0.4, 0.5) is 15.3 Å². The third-order valence-corrected chi connectivity index (χ3v) is 14.5. The number of rotatable bonds is 16. The summed E-state index contributed by atoms with van der Waals surface area (Å²) in [6, 6.07) is 7.47. The second-order valence-electron chi connectivity index (χ2n) is 19.1. The van der Waals surface area contributed by atoms with Crippen molar-refractivity contribution in [2.75, 3.05) is 65.0 Å². The molecule has 3 saturated heterocycles. The van der Waals surface area contributed by atoms with E-state index in [1.165, 1.54) is 14.2 Å². The fraction of sp³-hybridized carbons (Fsp3) is 0.630. The lowest BCUT2D eigenvalue weighted by atomic mass is 9.99. The molecule has 350 valence electrons. The number of alkyl carbamates (subject to hydrolysis) is 2. The number of nitrogens with one attached hydrogen (secondary N) is 2. The van der Waals surface area contributed by atoms with Crippen LogP contribution in [-0.2, 0) is 35.3 Å². The molecule has 5 amide bonds. The molecule has 4 aliphatic heterocycles. The van der Waals surface area contributed by atoms with Gasteiger partial charge in [0.25, 0.3) is 5.91 Å². The summed E-state index contributed by atoms with van der Waals surface area (Å²) in [6.45, 7) is 19.1. The minimum Gasteiger partial charge on any atom is -0.453 e. The monoisotopic (exact) mass is 904 g/mol. The Labute approximate surface area is 378 Å². The Bertz CT molecular complexity index is 2050. The summed E-state index contributed by atoms with van der Waals surface area (Å²) in [5, 5.41) is 5.43. The third kappa shape index (κ3) is 11.3. The van der Waals surface area contributed by atoms with Crippen molar-refractivity contribution in [2.24, 2.45) is 16.8 Å². The third-order valence-electron chi connectivity index (χ3n) is 12.8. The van der Waals surface area contributed by atoms with Crippen LogP contribution in [0.3, 0.4) is 0 Å². The van der Waals surface area contributed by atoms with Crippen LogP contribution in [-0.4, -0.2) is 146 Å². The van der Waals surface area contributed by atoms with E-state index in [2.05, 4.69) is 69.0 Å². The van der Waals surface area contributed by atoms with E-state index in [0.29, 0.717) is 64.6 Å². The van der Waals surface area contributed by atoms with Crippen LogP contribution in [0.5, 0.6) is 0 Å². The van der Waals surface area contributed by atoms with Crippen LogP contribution in [0.25, 0.3) is 11.3 Å². The first kappa shape index (κ1) is 48.2. The van der Waals surface area contributed by atoms with Crippen molar-refractivity contribution < 1.29 is 38.2 Å². The molecule has 0 bridgehead atoms. The van der Waals surface area contributed by atoms with E-state index < -0.39 is 32.3 Å². The molecule has 1 aromatic carbocycles. The number of likely N-dealkylation sites (tertiary alicyclic amines) is 2. The number of piperazine rings is 1. The number of hydrogen-bond acceptors (Lipinski definition) is 11. The topological polar surface area (TPSA) is 180 Å². The van der Waals surface area contributed by atoms with Gasteiger partial charge in [0.05, 0.1) is 38.2 Å². The van der Waals surface area contributed by atoms with Crippen molar-refractivity contribution in [1.82, 2.24) is 34.9 Å². The number of nitrogens with zero attached hydrogens (tertiary/aromatic N) is 7. The fourth-order valence-electron chi connectivity index (χ4n) is 8.98. The molecular weight excluding hydrogens is 835 g/mol. The Kier molecular flexibility index (Phi) is 16.0. The molecule has 1 aromatic heterocycles. The SMILES string of the molecule is COC(=O)N[C@H](C(=O)N1CCC[C@H]1C1=NC=C(C(=O)N2CCN(c3ccc(-c4cnc([C@@H]5CCCN5C(=O)[C@@H](NC(=O)OC)C(C)C)n4COCC[Si](C)(C)C)cc3)CC2)C1)C(C)C. The number of methoxy groups -OCH3 is 2. The Balaban J connectivity index is 1.09. The summed E-state index contributed by atoms with van der Waals surface area (Å²) in [5.41, 5.74) is 4.35. The minimum absolute atomic E-state index is 0.0323. The Morgan fingerprint density at radius 1 is 0.781 bits per heavy atom. The molecule has 17 nitrogen and oxygen atoms in total. The van der Waals surface area contributed by atoms with Gasteiger partial charge in [-0.05, 0) is 61.3 Å². The van der Waals surface area contributed by atoms with Gasteiger partial charge in [-0.1, -0.05) is 59.5 Å². The molecule has 2 N–H and O–H groups in total. The van der Waals surface area contributed by atoms with E-state index in [-0.39, 0.29) is 41.6 Å². The van der Waals surface area contributed by atoms with Gasteiger partial charge in [0, 0.05) is 83.5 Å². The molecule has 0 unspecified atom stereocenters. The van der Waals surface area contributed by atoms with E-state index in [4.69, 9.17) is 19.2 Å². The van der Waals surface area contributed by atoms with Crippen LogP contribution in [0, 0.1) is 11.8 Å². The molecular formula is C46H69N9O8Si. The quantitative estimate of drug-likeness (QED) is 0.158. The van der Waals surface area contributed by atoms with Gasteiger partial charge in [-0.3, -0.25) is 19.4 Å². The van der Waals surface area contributed by atoms with Crippen molar-refractivity contribution in [2.45, 2.75) is 116 Å². The molecule has 0 aliphatic carbocycles. The molecule has 18 heteroatoms. The van der Waals surface area contributed by atoms with Crippen molar-refractivity contribution >= 4 is 49.4 Å². The van der Waals surface area contributed by atoms with Crippen LogP contribution < -0.4 is 15.5 Å². The maximum Gasteiger partial charge on any atom is 0.407 e. The second kappa shape index (κ2) is 21.2. The van der Waals surface area contributed by atoms with Gasteiger partial charge in [-0.15, -0.1) is 0 Å². The van der Waals surface area contributed by atoms with Crippen molar-refractivity contribution in [3.8, 4) is 11.3 Å². The number of carbonyl (C=O) groups is 5. The predicted molar refractivity (Wildman–Crippen MR) is 247 cm³/mol. The average molecular weight is 904 g/mol. The molecule has 4 atom stereocenters. The summed E-state index contributed by atoms with van der Waals surface area (Å²) < 4.78 is 18.0. The van der Waals surface area contributed by atoms with Crippen LogP contribution in [0.1, 0.15) is 71.7 Å². The molecule has 0 spiro atoms. The highest BCUT2D eigenvalue weighted by atomic mass is 28.3. The van der Waals surface area contributed by atoms with Gasteiger partial charge in [0.1, 0.15) is 24.6 Å². The van der Waals surface area contributed by atoms with E-state index in [1.54, 1.807) is 11.1 Å². The second-order valence-corrected chi connectivity index (χ2v) is 24.8. The molecule has 2 aromatic rings. The molecule has 64 heavy (non-hydrogen) atoms. The highest BCUT2D eigenvalue weighted by Gasteiger charge is 2.41. The number of ether oxygens (including phenoxy) is 3. The number of aliphatic imine (C=N–C) groups is 1. The zero-order valence-electron chi connectivity index (χ0n) is 39.2. The fourth-order valence-corrected chi connectivity index (χ4v) is 9.74. The number of imidazole rings is 1. The van der Waals surface area contributed by atoms with Gasteiger partial charge in [-0.2, -0.15) is 0 Å². The number of benzene rings is 1. The van der Waals surface area contributed by atoms with E-state index >= 15 is 0 Å². The minimum atomic E-state index is -1.33. The van der Waals surface area contributed by atoms with Gasteiger partial charge in [-0.25, -0.2) is 14.6 Å². The summed E-state index contributed by atoms with van der Waals surface area (Å²) in [7, 11) is 1.24. The highest BCUT2D eigenvalue weighted by molar-refractivity contribution is 6.76. The van der Waals surface area contributed by atoms with Gasteiger partial charge < -0.3 is 49.0 Å². The number of carbonyl (C=O) groups excluding carboxylic acids is 5. The predicted octanol–water partition coefficient (Wildman–Crippen LogP) is 5.66. The summed E-state index contributed by atoms with van der Waals surface area (Å²) >= 11 is 0. The van der Waals surface area contributed by atoms with E-state index in [0.717, 1.165) is 60.2 Å². The number of anilines is 1. The maximum absolute atomic E-state index is 14.0. The van der Waals surface area contributed by atoms with Crippen molar-refractivity contribution in [3.63, 3.8) is 0 Å². The molecule has 3 fully saturated rings. The zero-order valence-corrected chi connectivity index (χ0v) is 40.2. The normalized spacial score (nSPS) is 20.0. The molecule has 0 saturated carbocycles. The van der Waals surface area contributed by atoms with Crippen LogP contribution in [0.2, 0.25) is 25.7 Å². The smallest absolute Gasteiger partial charge is 0.407 e. The van der Waals surface area contributed by atoms with Crippen molar-refractivity contribution in [1.29, 1.82) is 0 Å². The lowest BCUT2D eigenvalue weighted by molar-refractivity contribution is -0.136. The Morgan fingerprint density at radius 3 is 1.89 bits per heavy atom. The number of hydrogen-bond donors (Lipinski definition) is 2. The van der Waals surface area contributed by atoms with Gasteiger partial charge >= 0.3 is 12.2 Å². The number of amides is 5. The summed E-state index contributed by atoms with van der Waals surface area (Å²) in [4.78, 5) is 83.0. The first-order chi connectivity index (χ1) is 30.5. The first-order valence-corrected chi connectivity index (χ1v) is 26.5. The van der Waals surface area contributed by atoms with E-state index in [1.807, 2.05) is 43.7 Å². The molecule has 6 rings (SSSR count). The van der Waals surface area contributed by atoms with Crippen LogP contribution >= 0.6 is 0 Å². The Morgan fingerprint density at radius 2 is 1.34 bits per heavy atom. The summed E-state index contributed by atoms with van der Waals surface area (Å²) in [5.74, 6) is 0.141. The van der Waals surface area contributed by atoms with Crippen LogP contribution in [0.15, 0.2) is 47.2 Å². The van der Waals surface area contributed by atoms with Gasteiger partial charge in [0.2, 0.25) is 11.8 Å². The molecule has 4 aliphatic rings. The molecule has 0 radical (unpaired) electrons. The lowest BCUT2D eigenvalue weighted by Crippen LogP contribution is -2.53. The number of aromatic nitrogens is 2. The molecule has 5 heterocycles. The summed E-state index contributed by atoms with van der Waals surface area (Å²) in [6.07, 6.45) is 5.79. The van der Waals surface area contributed by atoms with Gasteiger partial charge in [0.15, 0.2) is 0 Å². The van der Waals surface area contributed by atoms with E-state index in [9.17, 15) is 24.0 Å². The lowest BCUT2D eigenvalue weighted by Gasteiger charge is -2.36. The first-order valence-electron chi connectivity index (χ1n) is 22.8.